The van der Waals surface area contributed by atoms with Gasteiger partial charge < -0.3 is 9.80 Å². The number of carbonyl (C=O) groups is 1. The van der Waals surface area contributed by atoms with Crippen molar-refractivity contribution in [1.82, 2.24) is 14.3 Å². The Morgan fingerprint density at radius 2 is 1.67 bits per heavy atom. The maximum absolute atomic E-state index is 13.2. The van der Waals surface area contributed by atoms with Gasteiger partial charge >= 0.3 is 0 Å². The number of benzene rings is 3. The van der Waals surface area contributed by atoms with Crippen molar-refractivity contribution in [1.29, 1.82) is 0 Å². The Bertz CT molecular complexity index is 1450. The molecule has 5 nitrogen and oxygen atoms in total. The van der Waals surface area contributed by atoms with E-state index in [1.165, 1.54) is 12.1 Å². The third-order valence-electron chi connectivity index (χ3n) is 6.17. The molecule has 3 heterocycles. The average molecular weight is 457 g/mol. The number of amides is 1. The second kappa shape index (κ2) is 8.01. The molecule has 0 radical (unpaired) electrons. The fourth-order valence-corrected chi connectivity index (χ4v) is 5.43. The molecule has 0 aliphatic carbocycles. The Morgan fingerprint density at radius 3 is 2.42 bits per heavy atom. The van der Waals surface area contributed by atoms with E-state index < -0.39 is 0 Å². The van der Waals surface area contributed by atoms with Gasteiger partial charge in [-0.1, -0.05) is 41.7 Å². The van der Waals surface area contributed by atoms with Crippen molar-refractivity contribution in [2.24, 2.45) is 0 Å². The van der Waals surface area contributed by atoms with E-state index in [1.54, 1.807) is 23.5 Å². The van der Waals surface area contributed by atoms with Gasteiger partial charge in [0.1, 0.15) is 5.82 Å². The highest BCUT2D eigenvalue weighted by Crippen LogP contribution is 2.30. The maximum Gasteiger partial charge on any atom is 0.254 e. The molecule has 0 saturated carbocycles. The lowest BCUT2D eigenvalue weighted by molar-refractivity contribution is 0.0747. The van der Waals surface area contributed by atoms with Crippen LogP contribution in [0.2, 0.25) is 0 Å². The number of hydrogen-bond donors (Lipinski definition) is 0. The topological polar surface area (TPSA) is 40.9 Å². The molecule has 0 unspecified atom stereocenters. The van der Waals surface area contributed by atoms with Crippen molar-refractivity contribution in [2.45, 2.75) is 0 Å². The quantitative estimate of drug-likeness (QED) is 0.369. The molecule has 164 valence electrons. The van der Waals surface area contributed by atoms with Gasteiger partial charge in [0.2, 0.25) is 0 Å². The van der Waals surface area contributed by atoms with Crippen molar-refractivity contribution in [3.8, 4) is 11.3 Å². The van der Waals surface area contributed by atoms with E-state index in [0.717, 1.165) is 45.2 Å². The Kier molecular flexibility index (Phi) is 4.84. The van der Waals surface area contributed by atoms with Crippen LogP contribution in [0, 0.1) is 5.82 Å². The average Bonchev–Trinajstić information content (AvgIpc) is 3.42. The minimum atomic E-state index is -0.236. The van der Waals surface area contributed by atoms with Gasteiger partial charge in [0.05, 0.1) is 15.9 Å². The lowest BCUT2D eigenvalue weighted by atomic mass is 10.1. The van der Waals surface area contributed by atoms with Gasteiger partial charge in [0.25, 0.3) is 5.91 Å². The molecule has 2 aromatic heterocycles. The Labute approximate surface area is 194 Å². The highest BCUT2D eigenvalue weighted by atomic mass is 32.1. The zero-order chi connectivity index (χ0) is 22.4. The van der Waals surface area contributed by atoms with Gasteiger partial charge in [-0.25, -0.2) is 9.37 Å². The Hall–Kier alpha value is -3.71. The van der Waals surface area contributed by atoms with Crippen LogP contribution in [-0.2, 0) is 0 Å². The molecule has 0 N–H and O–H groups in total. The summed E-state index contributed by atoms with van der Waals surface area (Å²) >= 11 is 1.60. The monoisotopic (exact) mass is 456 g/mol. The third-order valence-corrected chi connectivity index (χ3v) is 7.19. The van der Waals surface area contributed by atoms with Crippen LogP contribution < -0.4 is 4.90 Å². The minimum Gasteiger partial charge on any atom is -0.368 e. The molecule has 1 amide bonds. The normalized spacial score (nSPS) is 14.3. The van der Waals surface area contributed by atoms with Gasteiger partial charge in [-0.3, -0.25) is 9.20 Å². The number of thiazole rings is 1. The summed E-state index contributed by atoms with van der Waals surface area (Å²) in [5, 5.41) is 0. The lowest BCUT2D eigenvalue weighted by Gasteiger charge is -2.36. The van der Waals surface area contributed by atoms with Crippen LogP contribution in [0.4, 0.5) is 10.1 Å². The molecular weight excluding hydrogens is 435 g/mol. The van der Waals surface area contributed by atoms with Crippen LogP contribution >= 0.6 is 11.3 Å². The molecule has 0 spiro atoms. The number of imidazole rings is 1. The van der Waals surface area contributed by atoms with Crippen LogP contribution in [-0.4, -0.2) is 46.4 Å². The first-order valence-corrected chi connectivity index (χ1v) is 11.7. The number of hydrogen-bond acceptors (Lipinski definition) is 4. The number of aromatic nitrogens is 2. The zero-order valence-corrected chi connectivity index (χ0v) is 18.6. The summed E-state index contributed by atoms with van der Waals surface area (Å²) in [6, 6.07) is 22.6. The highest BCUT2D eigenvalue weighted by Gasteiger charge is 2.23. The first kappa shape index (κ1) is 19.9. The van der Waals surface area contributed by atoms with E-state index in [0.29, 0.717) is 18.7 Å². The molecule has 0 atom stereocenters. The molecule has 3 aromatic carbocycles. The number of piperazine rings is 1. The fraction of sp³-hybridized carbons (Fsp3) is 0.154. The summed E-state index contributed by atoms with van der Waals surface area (Å²) in [4.78, 5) is 22.9. The van der Waals surface area contributed by atoms with E-state index in [2.05, 4.69) is 27.6 Å². The van der Waals surface area contributed by atoms with E-state index in [4.69, 9.17) is 4.98 Å². The molecule has 5 aromatic rings. The van der Waals surface area contributed by atoms with E-state index >= 15 is 0 Å². The van der Waals surface area contributed by atoms with Crippen molar-refractivity contribution >= 4 is 38.1 Å². The zero-order valence-electron chi connectivity index (χ0n) is 17.8. The van der Waals surface area contributed by atoms with E-state index in [1.807, 2.05) is 41.3 Å². The van der Waals surface area contributed by atoms with Gasteiger partial charge in [0, 0.05) is 49.2 Å². The molecule has 6 rings (SSSR count). The van der Waals surface area contributed by atoms with Gasteiger partial charge in [-0.05, 0) is 42.5 Å². The fourth-order valence-electron chi connectivity index (χ4n) is 4.38. The summed E-state index contributed by atoms with van der Waals surface area (Å²) in [6.45, 7) is 2.74. The van der Waals surface area contributed by atoms with E-state index in [9.17, 15) is 9.18 Å². The van der Waals surface area contributed by atoms with E-state index in [-0.39, 0.29) is 11.7 Å². The second-order valence-electron chi connectivity index (χ2n) is 8.18. The third kappa shape index (κ3) is 3.64. The van der Waals surface area contributed by atoms with Crippen molar-refractivity contribution in [2.75, 3.05) is 31.1 Å². The minimum absolute atomic E-state index is 0.0478. The van der Waals surface area contributed by atoms with Crippen LogP contribution in [0.15, 0.2) is 79.0 Å². The van der Waals surface area contributed by atoms with Crippen LogP contribution in [0.25, 0.3) is 26.4 Å². The SMILES string of the molecule is O=C(c1ccc2c(c1)sc1nc(-c3ccccc3)cn12)N1CCN(c2ccc(F)cc2)CC1. The number of rotatable bonds is 3. The molecule has 33 heavy (non-hydrogen) atoms. The predicted octanol–water partition coefficient (Wildman–Crippen LogP) is 5.32. The summed E-state index contributed by atoms with van der Waals surface area (Å²) in [5.74, 6) is -0.188. The number of fused-ring (bicyclic) bond motifs is 3. The first-order chi connectivity index (χ1) is 16.2. The number of carbonyl (C=O) groups excluding carboxylic acids is 1. The van der Waals surface area contributed by atoms with Crippen molar-refractivity contribution in [3.63, 3.8) is 0 Å². The summed E-state index contributed by atoms with van der Waals surface area (Å²) in [7, 11) is 0. The molecular formula is C26H21FN4OS. The number of halogens is 1. The number of anilines is 1. The Morgan fingerprint density at radius 1 is 0.909 bits per heavy atom. The van der Waals surface area contributed by atoms with Crippen LogP contribution in [0.1, 0.15) is 10.4 Å². The largest absolute Gasteiger partial charge is 0.368 e. The molecule has 1 aliphatic heterocycles. The predicted molar refractivity (Wildman–Crippen MR) is 131 cm³/mol. The number of nitrogens with zero attached hydrogens (tertiary/aromatic N) is 4. The summed E-state index contributed by atoms with van der Waals surface area (Å²) < 4.78 is 16.3. The molecule has 1 fully saturated rings. The van der Waals surface area contributed by atoms with Gasteiger partial charge in [-0.2, -0.15) is 0 Å². The Balaban J connectivity index is 1.21. The molecule has 1 saturated heterocycles. The standard InChI is InChI=1S/C26H21FN4OS/c27-20-7-9-21(10-8-20)29-12-14-30(15-13-29)25(32)19-6-11-23-24(16-19)33-26-28-22(17-31(23)26)18-4-2-1-3-5-18/h1-11,16-17H,12-15H2. The molecule has 7 heteroatoms. The lowest BCUT2D eigenvalue weighted by Crippen LogP contribution is -2.48. The summed E-state index contributed by atoms with van der Waals surface area (Å²) in [6.07, 6.45) is 2.06. The maximum atomic E-state index is 13.2. The van der Waals surface area contributed by atoms with Gasteiger partial charge in [-0.15, -0.1) is 0 Å². The van der Waals surface area contributed by atoms with Crippen molar-refractivity contribution in [3.05, 3.63) is 90.4 Å². The molecule has 0 bridgehead atoms. The smallest absolute Gasteiger partial charge is 0.254 e. The second-order valence-corrected chi connectivity index (χ2v) is 9.19. The highest BCUT2D eigenvalue weighted by molar-refractivity contribution is 7.23. The first-order valence-electron chi connectivity index (χ1n) is 10.9. The van der Waals surface area contributed by atoms with Crippen LogP contribution in [0.3, 0.4) is 0 Å². The molecule has 1 aliphatic rings. The van der Waals surface area contributed by atoms with Gasteiger partial charge in [0.15, 0.2) is 4.96 Å². The van der Waals surface area contributed by atoms with Crippen LogP contribution in [0.5, 0.6) is 0 Å². The van der Waals surface area contributed by atoms with Crippen molar-refractivity contribution < 1.29 is 9.18 Å². The summed E-state index contributed by atoms with van der Waals surface area (Å²) in [5.41, 5.74) is 4.78.